The molecule has 0 N–H and O–H groups in total. The molecule has 3 rings (SSSR count). The van der Waals surface area contributed by atoms with Crippen LogP contribution < -0.4 is 9.47 Å². The van der Waals surface area contributed by atoms with Crippen LogP contribution >= 0.6 is 11.3 Å². The average Bonchev–Trinajstić information content (AvgIpc) is 3.31. The van der Waals surface area contributed by atoms with E-state index in [9.17, 15) is 0 Å². The lowest BCUT2D eigenvalue weighted by molar-refractivity contribution is 0.252. The number of hydrogen-bond donors (Lipinski definition) is 0. The second kappa shape index (κ2) is 8.15. The molecule has 2 heterocycles. The summed E-state index contributed by atoms with van der Waals surface area (Å²) in [7, 11) is 5.41. The summed E-state index contributed by atoms with van der Waals surface area (Å²) in [6.45, 7) is 6.84. The Morgan fingerprint density at radius 2 is 1.96 bits per heavy atom. The molecular formula is C21H26N2O3S. The van der Waals surface area contributed by atoms with Gasteiger partial charge in [0.1, 0.15) is 17.3 Å². The molecule has 1 atom stereocenters. The molecule has 0 aliphatic heterocycles. The zero-order chi connectivity index (χ0) is 19.6. The van der Waals surface area contributed by atoms with Gasteiger partial charge in [0.25, 0.3) is 0 Å². The maximum Gasteiger partial charge on any atom is 0.230 e. The maximum absolute atomic E-state index is 5.99. The quantitative estimate of drug-likeness (QED) is 0.556. The Balaban J connectivity index is 1.88. The van der Waals surface area contributed by atoms with E-state index in [-0.39, 0.29) is 0 Å². The molecule has 0 spiro atoms. The predicted molar refractivity (Wildman–Crippen MR) is 109 cm³/mol. The minimum atomic E-state index is 0.322. The molecule has 0 bridgehead atoms. The fourth-order valence-corrected chi connectivity index (χ4v) is 3.98. The van der Waals surface area contributed by atoms with Crippen molar-refractivity contribution in [3.8, 4) is 23.0 Å². The number of hydrogen-bond acceptors (Lipinski definition) is 6. The second-order valence-electron chi connectivity index (χ2n) is 6.60. The van der Waals surface area contributed by atoms with E-state index in [0.29, 0.717) is 18.5 Å². The van der Waals surface area contributed by atoms with E-state index in [1.807, 2.05) is 26.0 Å². The first kappa shape index (κ1) is 19.5. The highest BCUT2D eigenvalue weighted by atomic mass is 32.1. The van der Waals surface area contributed by atoms with E-state index in [1.165, 1.54) is 4.88 Å². The molecule has 0 saturated heterocycles. The lowest BCUT2D eigenvalue weighted by atomic mass is 10.1. The van der Waals surface area contributed by atoms with Gasteiger partial charge in [0, 0.05) is 23.0 Å². The summed E-state index contributed by atoms with van der Waals surface area (Å²) >= 11 is 1.77. The van der Waals surface area contributed by atoms with E-state index in [4.69, 9.17) is 18.9 Å². The zero-order valence-electron chi connectivity index (χ0n) is 16.7. The second-order valence-corrected chi connectivity index (χ2v) is 7.58. The highest BCUT2D eigenvalue weighted by Gasteiger charge is 2.21. The molecule has 0 fully saturated rings. The van der Waals surface area contributed by atoms with Crippen molar-refractivity contribution in [3.05, 3.63) is 51.5 Å². The van der Waals surface area contributed by atoms with Crippen LogP contribution in [0.3, 0.4) is 0 Å². The molecule has 0 aliphatic rings. The molecule has 0 amide bonds. The van der Waals surface area contributed by atoms with E-state index in [2.05, 4.69) is 36.4 Å². The summed E-state index contributed by atoms with van der Waals surface area (Å²) in [5.74, 6) is 2.90. The molecule has 6 heteroatoms. The molecule has 2 aromatic heterocycles. The predicted octanol–water partition coefficient (Wildman–Crippen LogP) is 5.23. The van der Waals surface area contributed by atoms with Gasteiger partial charge in [-0.2, -0.15) is 0 Å². The maximum atomic E-state index is 5.99. The number of rotatable bonds is 7. The van der Waals surface area contributed by atoms with Crippen LogP contribution in [0.5, 0.6) is 11.5 Å². The third-order valence-corrected chi connectivity index (χ3v) is 5.96. The van der Waals surface area contributed by atoms with Gasteiger partial charge in [-0.05, 0) is 51.4 Å². The summed E-state index contributed by atoms with van der Waals surface area (Å²) in [5, 5.41) is 2.11. The summed E-state index contributed by atoms with van der Waals surface area (Å²) in [5.41, 5.74) is 2.70. The van der Waals surface area contributed by atoms with Crippen LogP contribution in [-0.2, 0) is 6.54 Å². The summed E-state index contributed by atoms with van der Waals surface area (Å²) < 4.78 is 17.0. The first-order chi connectivity index (χ1) is 13.0. The van der Waals surface area contributed by atoms with Gasteiger partial charge in [-0.25, -0.2) is 4.98 Å². The molecule has 0 saturated carbocycles. The Morgan fingerprint density at radius 1 is 1.19 bits per heavy atom. The van der Waals surface area contributed by atoms with Gasteiger partial charge in [0.2, 0.25) is 5.89 Å². The number of aromatic nitrogens is 1. The van der Waals surface area contributed by atoms with Gasteiger partial charge >= 0.3 is 0 Å². The third kappa shape index (κ3) is 3.87. The molecule has 0 aliphatic carbocycles. The van der Waals surface area contributed by atoms with Crippen LogP contribution in [0.4, 0.5) is 0 Å². The largest absolute Gasteiger partial charge is 0.496 e. The average molecular weight is 387 g/mol. The fraction of sp³-hybridized carbons (Fsp3) is 0.381. The summed E-state index contributed by atoms with van der Waals surface area (Å²) in [6, 6.07) is 8.41. The Labute approximate surface area is 164 Å². The van der Waals surface area contributed by atoms with Crippen LogP contribution in [0.2, 0.25) is 0 Å². The Morgan fingerprint density at radius 3 is 2.59 bits per heavy atom. The van der Waals surface area contributed by atoms with Crippen molar-refractivity contribution in [1.82, 2.24) is 9.88 Å². The Hall–Kier alpha value is -2.31. The Kier molecular flexibility index (Phi) is 5.87. The number of oxazole rings is 1. The van der Waals surface area contributed by atoms with E-state index in [0.717, 1.165) is 34.1 Å². The molecule has 0 radical (unpaired) electrons. The monoisotopic (exact) mass is 386 g/mol. The third-order valence-electron chi connectivity index (χ3n) is 4.92. The SMILES string of the molecule is COc1ccc(-c2nc(CN(C)C(C)c3cccs3)c(C)o2)c(OC)c1C. The van der Waals surface area contributed by atoms with E-state index < -0.39 is 0 Å². The van der Waals surface area contributed by atoms with Gasteiger partial charge < -0.3 is 13.9 Å². The molecule has 27 heavy (non-hydrogen) atoms. The van der Waals surface area contributed by atoms with Crippen molar-refractivity contribution >= 4 is 11.3 Å². The van der Waals surface area contributed by atoms with Gasteiger partial charge in [-0.1, -0.05) is 6.07 Å². The van der Waals surface area contributed by atoms with Crippen LogP contribution in [0, 0.1) is 13.8 Å². The first-order valence-electron chi connectivity index (χ1n) is 8.88. The van der Waals surface area contributed by atoms with Crippen molar-refractivity contribution in [2.24, 2.45) is 0 Å². The number of ether oxygens (including phenoxy) is 2. The fourth-order valence-electron chi connectivity index (χ4n) is 3.14. The van der Waals surface area contributed by atoms with Crippen molar-refractivity contribution in [3.63, 3.8) is 0 Å². The van der Waals surface area contributed by atoms with Gasteiger partial charge in [-0.3, -0.25) is 4.90 Å². The molecule has 3 aromatic rings. The molecule has 1 aromatic carbocycles. The van der Waals surface area contributed by atoms with Crippen LogP contribution in [0.15, 0.2) is 34.1 Å². The minimum Gasteiger partial charge on any atom is -0.496 e. The topological polar surface area (TPSA) is 47.7 Å². The normalized spacial score (nSPS) is 12.4. The highest BCUT2D eigenvalue weighted by Crippen LogP contribution is 2.38. The first-order valence-corrected chi connectivity index (χ1v) is 9.76. The zero-order valence-corrected chi connectivity index (χ0v) is 17.5. The number of nitrogens with zero attached hydrogens (tertiary/aromatic N) is 2. The Bertz CT molecular complexity index is 903. The van der Waals surface area contributed by atoms with Crippen molar-refractivity contribution < 1.29 is 13.9 Å². The van der Waals surface area contributed by atoms with Crippen LogP contribution in [-0.4, -0.2) is 31.2 Å². The van der Waals surface area contributed by atoms with Crippen LogP contribution in [0.25, 0.3) is 11.5 Å². The smallest absolute Gasteiger partial charge is 0.230 e. The lowest BCUT2D eigenvalue weighted by Crippen LogP contribution is -2.21. The lowest BCUT2D eigenvalue weighted by Gasteiger charge is -2.22. The summed E-state index contributed by atoms with van der Waals surface area (Å²) in [6.07, 6.45) is 0. The molecule has 5 nitrogen and oxygen atoms in total. The standard InChI is InChI=1S/C21H26N2O3S/c1-13-18(24-5)10-9-16(20(13)25-6)21-22-17(15(3)26-21)12-23(4)14(2)19-8-7-11-27-19/h7-11,14H,12H2,1-6H3. The molecular weight excluding hydrogens is 360 g/mol. The van der Waals surface area contributed by atoms with Gasteiger partial charge in [0.15, 0.2) is 0 Å². The van der Waals surface area contributed by atoms with Crippen molar-refractivity contribution in [2.75, 3.05) is 21.3 Å². The van der Waals surface area contributed by atoms with E-state index in [1.54, 1.807) is 25.6 Å². The van der Waals surface area contributed by atoms with Gasteiger partial charge in [-0.15, -0.1) is 11.3 Å². The molecule has 144 valence electrons. The number of thiophene rings is 1. The van der Waals surface area contributed by atoms with Crippen molar-refractivity contribution in [2.45, 2.75) is 33.4 Å². The molecule has 1 unspecified atom stereocenters. The summed E-state index contributed by atoms with van der Waals surface area (Å²) in [4.78, 5) is 8.38. The van der Waals surface area contributed by atoms with Crippen molar-refractivity contribution in [1.29, 1.82) is 0 Å². The van der Waals surface area contributed by atoms with E-state index >= 15 is 0 Å². The minimum absolute atomic E-state index is 0.322. The number of aryl methyl sites for hydroxylation is 1. The van der Waals surface area contributed by atoms with Gasteiger partial charge in [0.05, 0.1) is 25.5 Å². The number of benzene rings is 1. The highest BCUT2D eigenvalue weighted by molar-refractivity contribution is 7.10. The number of methoxy groups -OCH3 is 2. The van der Waals surface area contributed by atoms with Crippen LogP contribution in [0.1, 0.15) is 34.9 Å².